The van der Waals surface area contributed by atoms with Crippen molar-refractivity contribution >= 4 is 17.8 Å². The summed E-state index contributed by atoms with van der Waals surface area (Å²) < 4.78 is 9.70. The van der Waals surface area contributed by atoms with E-state index in [1.165, 1.54) is 13.3 Å². The van der Waals surface area contributed by atoms with Gasteiger partial charge in [-0.15, -0.1) is 0 Å². The second-order valence-corrected chi connectivity index (χ2v) is 4.50. The molecule has 20 heavy (non-hydrogen) atoms. The van der Waals surface area contributed by atoms with Gasteiger partial charge >= 0.3 is 11.9 Å². The summed E-state index contributed by atoms with van der Waals surface area (Å²) in [5.74, 6) is 0.0298. The zero-order chi connectivity index (χ0) is 14.5. The van der Waals surface area contributed by atoms with E-state index in [0.29, 0.717) is 18.0 Å². The monoisotopic (exact) mass is 278 g/mol. The summed E-state index contributed by atoms with van der Waals surface area (Å²) in [5.41, 5.74) is 0.407. The van der Waals surface area contributed by atoms with E-state index in [1.54, 1.807) is 19.1 Å². The van der Waals surface area contributed by atoms with E-state index in [4.69, 9.17) is 9.47 Å². The lowest BCUT2D eigenvalue weighted by molar-refractivity contribution is -0.141. The highest BCUT2D eigenvalue weighted by molar-refractivity contribution is 5.89. The molecule has 2 rings (SSSR count). The summed E-state index contributed by atoms with van der Waals surface area (Å²) >= 11 is 0. The number of anilines is 1. The van der Waals surface area contributed by atoms with Crippen LogP contribution in [0.25, 0.3) is 0 Å². The summed E-state index contributed by atoms with van der Waals surface area (Å²) in [4.78, 5) is 29.4. The minimum absolute atomic E-state index is 0.251. The van der Waals surface area contributed by atoms with Gasteiger partial charge in [0.25, 0.3) is 0 Å². The fourth-order valence-corrected chi connectivity index (χ4v) is 2.31. The lowest BCUT2D eigenvalue weighted by Gasteiger charge is -2.23. The zero-order valence-corrected chi connectivity index (χ0v) is 11.7. The van der Waals surface area contributed by atoms with Crippen molar-refractivity contribution in [3.63, 3.8) is 0 Å². The van der Waals surface area contributed by atoms with E-state index >= 15 is 0 Å². The van der Waals surface area contributed by atoms with Crippen molar-refractivity contribution < 1.29 is 19.1 Å². The topological polar surface area (TPSA) is 68.7 Å². The van der Waals surface area contributed by atoms with Gasteiger partial charge in [0.15, 0.2) is 0 Å². The quantitative estimate of drug-likeness (QED) is 0.775. The molecule has 6 nitrogen and oxygen atoms in total. The normalized spacial score (nSPS) is 17.9. The van der Waals surface area contributed by atoms with Crippen molar-refractivity contribution in [1.29, 1.82) is 0 Å². The Labute approximate surface area is 117 Å². The molecule has 2 heterocycles. The third kappa shape index (κ3) is 2.89. The van der Waals surface area contributed by atoms with Gasteiger partial charge in [-0.25, -0.2) is 14.6 Å². The Bertz CT molecular complexity index is 486. The van der Waals surface area contributed by atoms with Crippen LogP contribution in [0.3, 0.4) is 0 Å². The molecule has 6 heteroatoms. The fourth-order valence-electron chi connectivity index (χ4n) is 2.31. The molecule has 1 aliphatic heterocycles. The number of carbonyl (C=O) groups excluding carboxylic acids is 2. The fraction of sp³-hybridized carbons (Fsp3) is 0.500. The van der Waals surface area contributed by atoms with E-state index in [2.05, 4.69) is 4.98 Å². The van der Waals surface area contributed by atoms with Gasteiger partial charge in [-0.05, 0) is 31.9 Å². The molecule has 0 saturated carbocycles. The number of esters is 2. The van der Waals surface area contributed by atoms with Gasteiger partial charge in [0, 0.05) is 12.7 Å². The van der Waals surface area contributed by atoms with Crippen molar-refractivity contribution in [2.24, 2.45) is 0 Å². The Kier molecular flexibility index (Phi) is 4.55. The van der Waals surface area contributed by atoms with E-state index < -0.39 is 5.97 Å². The van der Waals surface area contributed by atoms with Gasteiger partial charge in [0.1, 0.15) is 11.9 Å². The number of rotatable bonds is 4. The van der Waals surface area contributed by atoms with Gasteiger partial charge in [-0.3, -0.25) is 0 Å². The average Bonchev–Trinajstić information content (AvgIpc) is 2.96. The van der Waals surface area contributed by atoms with E-state index in [-0.39, 0.29) is 12.0 Å². The Morgan fingerprint density at radius 3 is 2.85 bits per heavy atom. The molecule has 0 bridgehead atoms. The Hall–Kier alpha value is -2.11. The predicted octanol–water partition coefficient (Wildman–Crippen LogP) is 1.40. The minimum atomic E-state index is -0.391. The number of carbonyl (C=O) groups is 2. The largest absolute Gasteiger partial charge is 0.467 e. The van der Waals surface area contributed by atoms with Gasteiger partial charge in [0.2, 0.25) is 0 Å². The number of aromatic nitrogens is 1. The standard InChI is InChI=1S/C14H18N2O4/c1-3-20-13(17)10-6-7-12(15-9-10)16-8-4-5-11(16)14(18)19-2/h6-7,9,11H,3-5,8H2,1-2H3. The lowest BCUT2D eigenvalue weighted by atomic mass is 10.2. The number of nitrogens with zero attached hydrogens (tertiary/aromatic N) is 2. The summed E-state index contributed by atoms with van der Waals surface area (Å²) in [6.45, 7) is 2.84. The molecule has 1 aromatic heterocycles. The molecule has 1 atom stereocenters. The van der Waals surface area contributed by atoms with Crippen molar-refractivity contribution in [1.82, 2.24) is 4.98 Å². The van der Waals surface area contributed by atoms with Gasteiger partial charge < -0.3 is 14.4 Å². The lowest BCUT2D eigenvalue weighted by Crippen LogP contribution is -2.37. The van der Waals surface area contributed by atoms with Crippen LogP contribution in [0.1, 0.15) is 30.1 Å². The zero-order valence-electron chi connectivity index (χ0n) is 11.7. The second kappa shape index (κ2) is 6.36. The van der Waals surface area contributed by atoms with Crippen LogP contribution < -0.4 is 4.90 Å². The molecule has 1 unspecified atom stereocenters. The van der Waals surface area contributed by atoms with Crippen molar-refractivity contribution in [3.8, 4) is 0 Å². The third-order valence-electron chi connectivity index (χ3n) is 3.28. The molecule has 1 saturated heterocycles. The number of methoxy groups -OCH3 is 1. The first kappa shape index (κ1) is 14.3. The molecule has 0 spiro atoms. The summed E-state index contributed by atoms with van der Waals surface area (Å²) in [6.07, 6.45) is 3.15. The van der Waals surface area contributed by atoms with Gasteiger partial charge in [-0.2, -0.15) is 0 Å². The molecule has 1 aromatic rings. The highest BCUT2D eigenvalue weighted by atomic mass is 16.5. The third-order valence-corrected chi connectivity index (χ3v) is 3.28. The van der Waals surface area contributed by atoms with Crippen molar-refractivity contribution in [3.05, 3.63) is 23.9 Å². The first-order valence-corrected chi connectivity index (χ1v) is 6.65. The molecule has 108 valence electrons. The van der Waals surface area contributed by atoms with Gasteiger partial charge in [0.05, 0.1) is 19.3 Å². The van der Waals surface area contributed by atoms with Crippen LogP contribution in [0.4, 0.5) is 5.82 Å². The Morgan fingerprint density at radius 1 is 1.45 bits per heavy atom. The predicted molar refractivity (Wildman–Crippen MR) is 72.6 cm³/mol. The number of hydrogen-bond donors (Lipinski definition) is 0. The van der Waals surface area contributed by atoms with Gasteiger partial charge in [-0.1, -0.05) is 0 Å². The number of hydrogen-bond acceptors (Lipinski definition) is 6. The highest BCUT2D eigenvalue weighted by Crippen LogP contribution is 2.24. The second-order valence-electron chi connectivity index (χ2n) is 4.50. The molecule has 0 amide bonds. The van der Waals surface area contributed by atoms with E-state index in [0.717, 1.165) is 19.4 Å². The highest BCUT2D eigenvalue weighted by Gasteiger charge is 2.32. The van der Waals surface area contributed by atoms with Crippen molar-refractivity contribution in [2.75, 3.05) is 25.2 Å². The number of ether oxygens (including phenoxy) is 2. The summed E-state index contributed by atoms with van der Waals surface area (Å²) in [7, 11) is 1.39. The smallest absolute Gasteiger partial charge is 0.339 e. The van der Waals surface area contributed by atoms with Crippen LogP contribution in [-0.4, -0.2) is 43.2 Å². The SMILES string of the molecule is CCOC(=O)c1ccc(N2CCCC2C(=O)OC)nc1. The van der Waals surface area contributed by atoms with Crippen molar-refractivity contribution in [2.45, 2.75) is 25.8 Å². The van der Waals surface area contributed by atoms with Crippen LogP contribution in [0.15, 0.2) is 18.3 Å². The first-order chi connectivity index (χ1) is 9.67. The molecule has 1 fully saturated rings. The number of pyridine rings is 1. The van der Waals surface area contributed by atoms with Crippen LogP contribution in [0, 0.1) is 0 Å². The van der Waals surface area contributed by atoms with Crippen LogP contribution in [-0.2, 0) is 14.3 Å². The van der Waals surface area contributed by atoms with E-state index in [9.17, 15) is 9.59 Å². The maximum Gasteiger partial charge on any atom is 0.339 e. The molecule has 0 radical (unpaired) electrons. The minimum Gasteiger partial charge on any atom is -0.467 e. The Morgan fingerprint density at radius 2 is 2.25 bits per heavy atom. The molecule has 0 aliphatic carbocycles. The molecule has 0 aromatic carbocycles. The molecule has 1 aliphatic rings. The van der Waals surface area contributed by atoms with Crippen LogP contribution in [0.2, 0.25) is 0 Å². The summed E-state index contributed by atoms with van der Waals surface area (Å²) in [6, 6.07) is 3.10. The van der Waals surface area contributed by atoms with E-state index in [1.807, 2.05) is 4.90 Å². The molecular formula is C14H18N2O4. The summed E-state index contributed by atoms with van der Waals surface area (Å²) in [5, 5.41) is 0. The van der Waals surface area contributed by atoms with Crippen LogP contribution in [0.5, 0.6) is 0 Å². The Balaban J connectivity index is 2.13. The maximum atomic E-state index is 11.7. The molecule has 0 N–H and O–H groups in total. The average molecular weight is 278 g/mol. The molecular weight excluding hydrogens is 260 g/mol. The first-order valence-electron chi connectivity index (χ1n) is 6.65. The maximum absolute atomic E-state index is 11.7. The van der Waals surface area contributed by atoms with Crippen LogP contribution >= 0.6 is 0 Å².